The maximum atomic E-state index is 4.68. The minimum atomic E-state index is 0. The Kier molecular flexibility index (Phi) is 3.96. The number of hydrogen-bond donors (Lipinski definition) is 1. The molecule has 1 unspecified atom stereocenters. The first-order valence-electron chi connectivity index (χ1n) is 7.92. The largest absolute Gasteiger partial charge is 2.00 e. The van der Waals surface area contributed by atoms with Crippen LogP contribution in [-0.4, -0.2) is 28.2 Å². The van der Waals surface area contributed by atoms with Crippen LogP contribution in [0.2, 0.25) is 0 Å². The number of nitrogens with zero attached hydrogens (tertiary/aromatic N) is 3. The predicted molar refractivity (Wildman–Crippen MR) is 98.7 cm³/mol. The Morgan fingerprint density at radius 1 is 0.720 bits per heavy atom. The number of rotatable bonds is 0. The van der Waals surface area contributed by atoms with Crippen molar-refractivity contribution in [2.45, 2.75) is 6.04 Å². The Morgan fingerprint density at radius 3 is 2.16 bits per heavy atom. The average molecular weight is 374 g/mol. The summed E-state index contributed by atoms with van der Waals surface area (Å²) in [5, 5.41) is 2.05. The van der Waals surface area contributed by atoms with Crippen molar-refractivity contribution in [3.63, 3.8) is 0 Å². The SMILES string of the molecule is C1=CC2=NC1=CC1=NC(C=C1)C=C1C=CC(=N1)C=c1ccc([nH]1)=C2.[Cu+2]. The number of aromatic amines is 1. The van der Waals surface area contributed by atoms with Crippen molar-refractivity contribution >= 4 is 29.3 Å². The van der Waals surface area contributed by atoms with Gasteiger partial charge in [0.25, 0.3) is 0 Å². The molecule has 123 valence electrons. The van der Waals surface area contributed by atoms with Gasteiger partial charge in [-0.2, -0.15) is 0 Å². The molecule has 4 aliphatic rings. The monoisotopic (exact) mass is 373 g/mol. The minimum absolute atomic E-state index is 0. The van der Waals surface area contributed by atoms with E-state index in [1.807, 2.05) is 60.7 Å². The topological polar surface area (TPSA) is 52.9 Å². The number of H-pyrrole nitrogens is 1. The summed E-state index contributed by atoms with van der Waals surface area (Å²) in [5.41, 5.74) is 4.67. The van der Waals surface area contributed by atoms with E-state index in [1.54, 1.807) is 0 Å². The fourth-order valence-electron chi connectivity index (χ4n) is 3.00. The summed E-state index contributed by atoms with van der Waals surface area (Å²) in [5.74, 6) is 0. The van der Waals surface area contributed by atoms with Crippen LogP contribution in [0, 0.1) is 0 Å². The molecule has 0 saturated carbocycles. The van der Waals surface area contributed by atoms with E-state index < -0.39 is 0 Å². The molecule has 5 rings (SSSR count). The van der Waals surface area contributed by atoms with E-state index in [2.05, 4.69) is 32.1 Å². The fraction of sp³-hybridized carbons (Fsp3) is 0.0500. The third-order valence-electron chi connectivity index (χ3n) is 4.10. The molecule has 4 nitrogen and oxygen atoms in total. The van der Waals surface area contributed by atoms with Crippen molar-refractivity contribution in [1.29, 1.82) is 0 Å². The van der Waals surface area contributed by atoms with E-state index >= 15 is 0 Å². The molecule has 1 atom stereocenters. The molecule has 0 saturated heterocycles. The predicted octanol–water partition coefficient (Wildman–Crippen LogP) is 1.76. The molecule has 5 heteroatoms. The van der Waals surface area contributed by atoms with Gasteiger partial charge in [0.05, 0.1) is 34.6 Å². The van der Waals surface area contributed by atoms with Crippen molar-refractivity contribution in [1.82, 2.24) is 4.98 Å². The quantitative estimate of drug-likeness (QED) is 0.674. The number of allylic oxidation sites excluding steroid dienone is 6. The Labute approximate surface area is 155 Å². The van der Waals surface area contributed by atoms with Gasteiger partial charge in [-0.3, -0.25) is 4.99 Å². The first kappa shape index (κ1) is 15.8. The molecule has 8 bridgehead atoms. The smallest absolute Gasteiger partial charge is 0.355 e. The number of aliphatic imine (C=N–C) groups is 3. The summed E-state index contributed by atoms with van der Waals surface area (Å²) >= 11 is 0. The van der Waals surface area contributed by atoms with Crippen LogP contribution in [0.15, 0.2) is 87.1 Å². The summed E-state index contributed by atoms with van der Waals surface area (Å²) in [4.78, 5) is 17.3. The Hall–Kier alpha value is -2.75. The van der Waals surface area contributed by atoms with Crippen molar-refractivity contribution in [2.24, 2.45) is 15.0 Å². The van der Waals surface area contributed by atoms with Gasteiger partial charge in [0.15, 0.2) is 0 Å². The number of hydrogen-bond acceptors (Lipinski definition) is 3. The van der Waals surface area contributed by atoms with Crippen LogP contribution in [0.4, 0.5) is 0 Å². The summed E-state index contributed by atoms with van der Waals surface area (Å²) in [7, 11) is 0. The molecule has 0 amide bonds. The number of aromatic nitrogens is 1. The van der Waals surface area contributed by atoms with Crippen LogP contribution >= 0.6 is 0 Å². The van der Waals surface area contributed by atoms with Gasteiger partial charge in [-0.05, 0) is 66.8 Å². The van der Waals surface area contributed by atoms with E-state index in [1.165, 1.54) is 0 Å². The van der Waals surface area contributed by atoms with Crippen molar-refractivity contribution in [2.75, 3.05) is 0 Å². The standard InChI is InChI=1S/C20H14N4.Cu/c1-2-14-10-16-5-6-18(23-16)12-20-8-7-19(24-20)11-17-4-3-15(22-17)9-13(1)21-14;/h1-13,24H;/q;+2. The summed E-state index contributed by atoms with van der Waals surface area (Å²) in [6.45, 7) is 0. The molecule has 1 radical (unpaired) electrons. The second-order valence-corrected chi connectivity index (χ2v) is 5.96. The number of fused-ring (bicyclic) bond motifs is 5. The summed E-state index contributed by atoms with van der Waals surface area (Å²) in [6, 6.07) is 4.13. The van der Waals surface area contributed by atoms with Gasteiger partial charge in [0.2, 0.25) is 0 Å². The molecule has 0 aromatic carbocycles. The summed E-state index contributed by atoms with van der Waals surface area (Å²) in [6.07, 6.45) is 20.3. The van der Waals surface area contributed by atoms with E-state index in [4.69, 9.17) is 0 Å². The van der Waals surface area contributed by atoms with Crippen LogP contribution in [-0.2, 0) is 17.1 Å². The second kappa shape index (κ2) is 6.28. The molecular formula is C20H14CuN4+2. The molecule has 1 aromatic heterocycles. The molecular weight excluding hydrogens is 360 g/mol. The molecule has 1 aromatic rings. The zero-order valence-corrected chi connectivity index (χ0v) is 14.1. The van der Waals surface area contributed by atoms with Gasteiger partial charge in [0.1, 0.15) is 0 Å². The fourth-order valence-corrected chi connectivity index (χ4v) is 3.00. The van der Waals surface area contributed by atoms with Gasteiger partial charge >= 0.3 is 17.1 Å². The van der Waals surface area contributed by atoms with Gasteiger partial charge in [0, 0.05) is 10.7 Å². The van der Waals surface area contributed by atoms with Crippen molar-refractivity contribution < 1.29 is 17.1 Å². The van der Waals surface area contributed by atoms with Crippen molar-refractivity contribution in [3.05, 3.63) is 82.8 Å². The van der Waals surface area contributed by atoms with E-state index in [9.17, 15) is 0 Å². The second-order valence-electron chi connectivity index (χ2n) is 5.96. The Balaban J connectivity index is 0.00000157. The van der Waals surface area contributed by atoms with Crippen LogP contribution in [0.5, 0.6) is 0 Å². The van der Waals surface area contributed by atoms with Crippen LogP contribution in [0.1, 0.15) is 0 Å². The third-order valence-corrected chi connectivity index (χ3v) is 4.10. The van der Waals surface area contributed by atoms with Gasteiger partial charge in [-0.25, -0.2) is 9.98 Å². The van der Waals surface area contributed by atoms with Gasteiger partial charge in [-0.15, -0.1) is 0 Å². The van der Waals surface area contributed by atoms with E-state index in [0.29, 0.717) is 0 Å². The third kappa shape index (κ3) is 3.25. The molecule has 5 heterocycles. The van der Waals surface area contributed by atoms with Gasteiger partial charge < -0.3 is 4.98 Å². The molecule has 4 aliphatic heterocycles. The average Bonchev–Trinajstić information content (AvgIpc) is 3.32. The first-order chi connectivity index (χ1) is 11.8. The molecule has 0 aliphatic carbocycles. The van der Waals surface area contributed by atoms with Crippen molar-refractivity contribution in [3.8, 4) is 0 Å². The molecule has 0 fully saturated rings. The zero-order chi connectivity index (χ0) is 15.9. The molecule has 0 spiro atoms. The Bertz CT molecular complexity index is 1100. The van der Waals surface area contributed by atoms with Crippen LogP contribution < -0.4 is 10.7 Å². The molecule has 1 N–H and O–H groups in total. The van der Waals surface area contributed by atoms with E-state index in [-0.39, 0.29) is 23.1 Å². The zero-order valence-electron chi connectivity index (χ0n) is 13.1. The van der Waals surface area contributed by atoms with Crippen LogP contribution in [0.25, 0.3) is 12.2 Å². The van der Waals surface area contributed by atoms with Crippen LogP contribution in [0.3, 0.4) is 0 Å². The normalized spacial score (nSPS) is 22.2. The maximum absolute atomic E-state index is 4.68. The first-order valence-corrected chi connectivity index (χ1v) is 7.92. The minimum Gasteiger partial charge on any atom is -0.355 e. The Morgan fingerprint density at radius 2 is 1.40 bits per heavy atom. The molecule has 25 heavy (non-hydrogen) atoms. The van der Waals surface area contributed by atoms with E-state index in [0.717, 1.165) is 39.2 Å². The number of nitrogens with one attached hydrogen (secondary N) is 1. The summed E-state index contributed by atoms with van der Waals surface area (Å²) < 4.78 is 0. The maximum Gasteiger partial charge on any atom is 2.00 e. The van der Waals surface area contributed by atoms with Gasteiger partial charge in [-0.1, -0.05) is 6.08 Å².